The Kier molecular flexibility index (Phi) is 5.11. The number of rotatable bonds is 4. The lowest BCUT2D eigenvalue weighted by molar-refractivity contribution is -0.126. The highest BCUT2D eigenvalue weighted by molar-refractivity contribution is 6.02. The second-order valence-corrected chi connectivity index (χ2v) is 6.24. The minimum Gasteiger partial charge on any atom is -0.359 e. The van der Waals surface area contributed by atoms with Crippen LogP contribution in [-0.2, 0) is 9.59 Å². The van der Waals surface area contributed by atoms with E-state index in [2.05, 4.69) is 15.5 Å². The number of carbonyl (C=O) groups is 2. The number of hydrogen-bond acceptors (Lipinski definition) is 3. The van der Waals surface area contributed by atoms with Crippen LogP contribution in [0.2, 0.25) is 0 Å². The number of nitrogens with zero attached hydrogens (tertiary/aromatic N) is 1. The minimum atomic E-state index is -0.00949. The number of fused-ring (bicyclic) bond motifs is 1. The van der Waals surface area contributed by atoms with Crippen LogP contribution in [0.1, 0.15) is 12.8 Å². The van der Waals surface area contributed by atoms with Crippen LogP contribution < -0.4 is 10.6 Å². The van der Waals surface area contributed by atoms with Crippen LogP contribution in [-0.4, -0.2) is 43.4 Å². The molecule has 5 heteroatoms. The normalized spacial score (nSPS) is 16.0. The van der Waals surface area contributed by atoms with E-state index in [1.165, 1.54) is 0 Å². The lowest BCUT2D eigenvalue weighted by Gasteiger charge is -2.30. The molecule has 3 rings (SSSR count). The van der Waals surface area contributed by atoms with E-state index < -0.39 is 0 Å². The molecule has 0 atom stereocenters. The first-order valence-electron chi connectivity index (χ1n) is 8.39. The molecule has 0 unspecified atom stereocenters. The van der Waals surface area contributed by atoms with Crippen LogP contribution in [0.5, 0.6) is 0 Å². The number of likely N-dealkylation sites (tertiary alicyclic amines) is 1. The Bertz CT molecular complexity index is 731. The van der Waals surface area contributed by atoms with Crippen molar-refractivity contribution in [1.82, 2.24) is 10.2 Å². The maximum atomic E-state index is 12.4. The van der Waals surface area contributed by atoms with Crippen molar-refractivity contribution >= 4 is 28.3 Å². The zero-order chi connectivity index (χ0) is 16.9. The van der Waals surface area contributed by atoms with Crippen molar-refractivity contribution < 1.29 is 9.59 Å². The maximum absolute atomic E-state index is 12.4. The van der Waals surface area contributed by atoms with Gasteiger partial charge in [0.1, 0.15) is 0 Å². The van der Waals surface area contributed by atoms with Gasteiger partial charge in [-0.1, -0.05) is 36.4 Å². The highest BCUT2D eigenvalue weighted by atomic mass is 16.2. The third-order valence-electron chi connectivity index (χ3n) is 4.64. The molecule has 1 heterocycles. The van der Waals surface area contributed by atoms with Crippen LogP contribution in [0, 0.1) is 5.92 Å². The predicted molar refractivity (Wildman–Crippen MR) is 95.8 cm³/mol. The summed E-state index contributed by atoms with van der Waals surface area (Å²) in [7, 11) is 1.67. The van der Waals surface area contributed by atoms with E-state index >= 15 is 0 Å². The zero-order valence-corrected chi connectivity index (χ0v) is 13.9. The van der Waals surface area contributed by atoms with E-state index in [0.717, 1.165) is 42.4 Å². The number of piperidine rings is 1. The van der Waals surface area contributed by atoms with Crippen LogP contribution in [0.25, 0.3) is 10.8 Å². The van der Waals surface area contributed by atoms with Crippen molar-refractivity contribution in [2.24, 2.45) is 5.92 Å². The molecule has 5 nitrogen and oxygen atoms in total. The van der Waals surface area contributed by atoms with Gasteiger partial charge in [0.25, 0.3) is 0 Å². The fourth-order valence-electron chi connectivity index (χ4n) is 3.28. The van der Waals surface area contributed by atoms with Gasteiger partial charge in [0.2, 0.25) is 11.8 Å². The molecule has 126 valence electrons. The number of benzene rings is 2. The van der Waals surface area contributed by atoms with Gasteiger partial charge in [-0.05, 0) is 37.4 Å². The molecule has 0 saturated carbocycles. The number of hydrogen-bond donors (Lipinski definition) is 2. The fraction of sp³-hybridized carbons (Fsp3) is 0.368. The highest BCUT2D eigenvalue weighted by Crippen LogP contribution is 2.23. The van der Waals surface area contributed by atoms with Crippen molar-refractivity contribution in [3.63, 3.8) is 0 Å². The highest BCUT2D eigenvalue weighted by Gasteiger charge is 2.25. The maximum Gasteiger partial charge on any atom is 0.238 e. The molecule has 2 N–H and O–H groups in total. The monoisotopic (exact) mass is 325 g/mol. The molecule has 2 aromatic rings. The predicted octanol–water partition coefficient (Wildman–Crippen LogP) is 2.24. The smallest absolute Gasteiger partial charge is 0.238 e. The Morgan fingerprint density at radius 2 is 1.79 bits per heavy atom. The average Bonchev–Trinajstić information content (AvgIpc) is 2.62. The third-order valence-corrected chi connectivity index (χ3v) is 4.64. The lowest BCUT2D eigenvalue weighted by Crippen LogP contribution is -2.42. The van der Waals surface area contributed by atoms with Gasteiger partial charge in [-0.25, -0.2) is 0 Å². The second kappa shape index (κ2) is 7.45. The second-order valence-electron chi connectivity index (χ2n) is 6.24. The van der Waals surface area contributed by atoms with E-state index in [1.54, 1.807) is 7.05 Å². The number of carbonyl (C=O) groups excluding carboxylic acids is 2. The lowest BCUT2D eigenvalue weighted by atomic mass is 9.96. The number of amides is 2. The molecule has 24 heavy (non-hydrogen) atoms. The van der Waals surface area contributed by atoms with Gasteiger partial charge in [-0.15, -0.1) is 0 Å². The summed E-state index contributed by atoms with van der Waals surface area (Å²) in [6.07, 6.45) is 1.61. The quantitative estimate of drug-likeness (QED) is 0.906. The molecule has 0 bridgehead atoms. The first-order chi connectivity index (χ1) is 11.7. The molecule has 1 fully saturated rings. The molecule has 1 aliphatic heterocycles. The largest absolute Gasteiger partial charge is 0.359 e. The van der Waals surface area contributed by atoms with E-state index in [9.17, 15) is 9.59 Å². The van der Waals surface area contributed by atoms with Crippen LogP contribution in [0.3, 0.4) is 0 Å². The molecule has 0 radical (unpaired) electrons. The van der Waals surface area contributed by atoms with Gasteiger partial charge in [0.05, 0.1) is 6.54 Å². The summed E-state index contributed by atoms with van der Waals surface area (Å²) in [5, 5.41) is 7.88. The minimum absolute atomic E-state index is 0.00949. The van der Waals surface area contributed by atoms with Crippen LogP contribution in [0.4, 0.5) is 5.69 Å². The van der Waals surface area contributed by atoms with Crippen LogP contribution >= 0.6 is 0 Å². The van der Waals surface area contributed by atoms with Crippen LogP contribution in [0.15, 0.2) is 42.5 Å². The number of nitrogens with one attached hydrogen (secondary N) is 2. The molecule has 1 saturated heterocycles. The third kappa shape index (κ3) is 3.74. The molecule has 0 aliphatic carbocycles. The molecule has 0 spiro atoms. The standard InChI is InChI=1S/C19H23N3O2/c1-20-19(24)15-9-11-22(12-10-15)13-18(23)21-17-8-4-6-14-5-2-3-7-16(14)17/h2-8,15H,9-13H2,1H3,(H,20,24)(H,21,23). The van der Waals surface area contributed by atoms with E-state index in [1.807, 2.05) is 42.5 Å². The first-order valence-corrected chi connectivity index (χ1v) is 8.39. The summed E-state index contributed by atoms with van der Waals surface area (Å²) >= 11 is 0. The van der Waals surface area contributed by atoms with E-state index in [4.69, 9.17) is 0 Å². The molecular formula is C19H23N3O2. The van der Waals surface area contributed by atoms with Crippen molar-refractivity contribution in [3.05, 3.63) is 42.5 Å². The Morgan fingerprint density at radius 3 is 2.54 bits per heavy atom. The topological polar surface area (TPSA) is 61.4 Å². The van der Waals surface area contributed by atoms with Crippen molar-refractivity contribution in [2.75, 3.05) is 32.0 Å². The molecule has 1 aliphatic rings. The van der Waals surface area contributed by atoms with E-state index in [0.29, 0.717) is 6.54 Å². The first kappa shape index (κ1) is 16.5. The summed E-state index contributed by atoms with van der Waals surface area (Å²) in [5.74, 6) is 0.173. The summed E-state index contributed by atoms with van der Waals surface area (Å²) in [5.41, 5.74) is 0.846. The summed E-state index contributed by atoms with van der Waals surface area (Å²) in [6, 6.07) is 13.9. The van der Waals surface area contributed by atoms with Gasteiger partial charge in [0, 0.05) is 24.0 Å². The average molecular weight is 325 g/mol. The Morgan fingerprint density at radius 1 is 1.08 bits per heavy atom. The molecular weight excluding hydrogens is 302 g/mol. The fourth-order valence-corrected chi connectivity index (χ4v) is 3.28. The van der Waals surface area contributed by atoms with Crippen molar-refractivity contribution in [1.29, 1.82) is 0 Å². The Labute approximate surface area is 142 Å². The van der Waals surface area contributed by atoms with E-state index in [-0.39, 0.29) is 17.7 Å². The van der Waals surface area contributed by atoms with Gasteiger partial charge < -0.3 is 10.6 Å². The number of anilines is 1. The van der Waals surface area contributed by atoms with Crippen molar-refractivity contribution in [3.8, 4) is 0 Å². The van der Waals surface area contributed by atoms with Gasteiger partial charge in [-0.2, -0.15) is 0 Å². The summed E-state index contributed by atoms with van der Waals surface area (Å²) in [6.45, 7) is 1.92. The molecule has 0 aromatic heterocycles. The molecule has 2 amide bonds. The SMILES string of the molecule is CNC(=O)C1CCN(CC(=O)Nc2cccc3ccccc23)CC1. The Balaban J connectivity index is 1.57. The summed E-state index contributed by atoms with van der Waals surface area (Å²) < 4.78 is 0. The Hall–Kier alpha value is -2.40. The van der Waals surface area contributed by atoms with Gasteiger partial charge >= 0.3 is 0 Å². The van der Waals surface area contributed by atoms with Gasteiger partial charge in [0.15, 0.2) is 0 Å². The van der Waals surface area contributed by atoms with Crippen molar-refractivity contribution in [2.45, 2.75) is 12.8 Å². The molecule has 2 aromatic carbocycles. The summed E-state index contributed by atoms with van der Waals surface area (Å²) in [4.78, 5) is 26.1. The zero-order valence-electron chi connectivity index (χ0n) is 13.9. The van der Waals surface area contributed by atoms with Gasteiger partial charge in [-0.3, -0.25) is 14.5 Å².